The summed E-state index contributed by atoms with van der Waals surface area (Å²) in [7, 11) is 3.22. The lowest BCUT2D eigenvalue weighted by Crippen LogP contribution is -2.19. The zero-order valence-corrected chi connectivity index (χ0v) is 8.17. The number of allylic oxidation sites excluding steroid dienone is 3. The van der Waals surface area contributed by atoms with E-state index in [1.807, 2.05) is 0 Å². The van der Waals surface area contributed by atoms with Crippen LogP contribution in [0.15, 0.2) is 23.9 Å². The van der Waals surface area contributed by atoms with Gasteiger partial charge in [-0.15, -0.1) is 0 Å². The molecule has 0 spiro atoms. The molecular formula is C9H9F3N2O. The van der Waals surface area contributed by atoms with Gasteiger partial charge in [0.25, 0.3) is 5.78 Å². The minimum absolute atomic E-state index is 0.0300. The molecule has 0 aromatic rings. The molecule has 0 heterocycles. The van der Waals surface area contributed by atoms with Gasteiger partial charge < -0.3 is 4.90 Å². The number of hydrogen-bond donors (Lipinski definition) is 0. The van der Waals surface area contributed by atoms with Crippen molar-refractivity contribution in [2.24, 2.45) is 0 Å². The Labute approximate surface area is 85.1 Å². The maximum atomic E-state index is 11.8. The van der Waals surface area contributed by atoms with E-state index in [1.54, 1.807) is 20.2 Å². The molecule has 6 heteroatoms. The van der Waals surface area contributed by atoms with Crippen LogP contribution in [0.4, 0.5) is 13.2 Å². The highest BCUT2D eigenvalue weighted by atomic mass is 19.4. The Morgan fingerprint density at radius 2 is 1.87 bits per heavy atom. The summed E-state index contributed by atoms with van der Waals surface area (Å²) in [5.41, 5.74) is -0.0300. The third-order valence-electron chi connectivity index (χ3n) is 1.22. The van der Waals surface area contributed by atoms with Crippen LogP contribution in [-0.4, -0.2) is 31.0 Å². The van der Waals surface area contributed by atoms with Crippen LogP contribution in [0.2, 0.25) is 0 Å². The first-order chi connectivity index (χ1) is 6.77. The first-order valence-electron chi connectivity index (χ1n) is 3.85. The van der Waals surface area contributed by atoms with E-state index in [0.29, 0.717) is 6.08 Å². The summed E-state index contributed by atoms with van der Waals surface area (Å²) in [4.78, 5) is 11.9. The average Bonchev–Trinajstić information content (AvgIpc) is 2.09. The van der Waals surface area contributed by atoms with Crippen LogP contribution in [0.1, 0.15) is 0 Å². The van der Waals surface area contributed by atoms with Gasteiger partial charge in [0.15, 0.2) is 0 Å². The SMILES string of the molecule is CN(C)C=C(C#N)/C=C/C(=O)C(F)(F)F. The summed E-state index contributed by atoms with van der Waals surface area (Å²) in [6, 6.07) is 1.65. The van der Waals surface area contributed by atoms with Crippen molar-refractivity contribution in [1.29, 1.82) is 5.26 Å². The summed E-state index contributed by atoms with van der Waals surface area (Å²) >= 11 is 0. The van der Waals surface area contributed by atoms with Crippen LogP contribution >= 0.6 is 0 Å². The van der Waals surface area contributed by atoms with Crippen LogP contribution in [0.25, 0.3) is 0 Å². The lowest BCUT2D eigenvalue weighted by atomic mass is 10.2. The van der Waals surface area contributed by atoms with Crippen LogP contribution in [0.5, 0.6) is 0 Å². The largest absolute Gasteiger partial charge is 0.454 e. The smallest absolute Gasteiger partial charge is 0.382 e. The number of alkyl halides is 3. The molecule has 0 radical (unpaired) electrons. The first-order valence-corrected chi connectivity index (χ1v) is 3.85. The molecule has 0 aliphatic rings. The molecule has 0 aromatic heterocycles. The molecule has 0 atom stereocenters. The maximum absolute atomic E-state index is 11.8. The molecule has 0 amide bonds. The van der Waals surface area contributed by atoms with Gasteiger partial charge in [-0.05, 0) is 12.2 Å². The van der Waals surface area contributed by atoms with Crippen molar-refractivity contribution in [2.75, 3.05) is 14.1 Å². The number of carbonyl (C=O) groups is 1. The molecule has 0 aromatic carbocycles. The summed E-state index contributed by atoms with van der Waals surface area (Å²) in [5, 5.41) is 8.50. The number of ketones is 1. The van der Waals surface area contributed by atoms with Crippen molar-refractivity contribution in [3.8, 4) is 6.07 Å². The standard InChI is InChI=1S/C9H9F3N2O/c1-14(2)6-7(5-13)3-4-8(15)9(10,11)12/h3-4,6H,1-2H3/b4-3+,7-6?. The second-order valence-electron chi connectivity index (χ2n) is 2.86. The van der Waals surface area contributed by atoms with E-state index in [9.17, 15) is 18.0 Å². The van der Waals surface area contributed by atoms with Crippen molar-refractivity contribution < 1.29 is 18.0 Å². The fourth-order valence-electron chi connectivity index (χ4n) is 0.647. The van der Waals surface area contributed by atoms with Crippen molar-refractivity contribution in [3.05, 3.63) is 23.9 Å². The van der Waals surface area contributed by atoms with Gasteiger partial charge in [-0.1, -0.05) is 0 Å². The van der Waals surface area contributed by atoms with E-state index in [1.165, 1.54) is 11.1 Å². The van der Waals surface area contributed by atoms with Crippen molar-refractivity contribution >= 4 is 5.78 Å². The number of halogens is 3. The minimum Gasteiger partial charge on any atom is -0.382 e. The molecule has 3 nitrogen and oxygen atoms in total. The molecule has 0 bridgehead atoms. The monoisotopic (exact) mass is 218 g/mol. The first kappa shape index (κ1) is 13.2. The molecule has 15 heavy (non-hydrogen) atoms. The Morgan fingerprint density at radius 3 is 2.20 bits per heavy atom. The van der Waals surface area contributed by atoms with E-state index >= 15 is 0 Å². The number of hydrogen-bond acceptors (Lipinski definition) is 3. The number of rotatable bonds is 3. The van der Waals surface area contributed by atoms with Crippen molar-refractivity contribution in [2.45, 2.75) is 6.18 Å². The van der Waals surface area contributed by atoms with Crippen LogP contribution in [0, 0.1) is 11.3 Å². The Morgan fingerprint density at radius 1 is 1.33 bits per heavy atom. The second kappa shape index (κ2) is 5.20. The average molecular weight is 218 g/mol. The highest BCUT2D eigenvalue weighted by Crippen LogP contribution is 2.16. The van der Waals surface area contributed by atoms with E-state index in [-0.39, 0.29) is 5.57 Å². The van der Waals surface area contributed by atoms with E-state index < -0.39 is 12.0 Å². The van der Waals surface area contributed by atoms with Gasteiger partial charge in [-0.25, -0.2) is 0 Å². The Kier molecular flexibility index (Phi) is 4.58. The zero-order valence-electron chi connectivity index (χ0n) is 8.17. The van der Waals surface area contributed by atoms with Gasteiger partial charge >= 0.3 is 6.18 Å². The van der Waals surface area contributed by atoms with Gasteiger partial charge in [-0.3, -0.25) is 4.79 Å². The predicted molar refractivity (Wildman–Crippen MR) is 47.6 cm³/mol. The summed E-state index contributed by atoms with van der Waals surface area (Å²) in [6.07, 6.45) is -2.43. The van der Waals surface area contributed by atoms with Gasteiger partial charge in [0.05, 0.1) is 5.57 Å². The van der Waals surface area contributed by atoms with Gasteiger partial charge in [0.1, 0.15) is 6.07 Å². The predicted octanol–water partition coefficient (Wildman–Crippen LogP) is 1.64. The van der Waals surface area contributed by atoms with Gasteiger partial charge in [0.2, 0.25) is 0 Å². The lowest BCUT2D eigenvalue weighted by molar-refractivity contribution is -0.165. The van der Waals surface area contributed by atoms with Crippen LogP contribution in [0.3, 0.4) is 0 Å². The molecule has 0 rings (SSSR count). The molecule has 0 aliphatic heterocycles. The van der Waals surface area contributed by atoms with Crippen molar-refractivity contribution in [3.63, 3.8) is 0 Å². The quantitative estimate of drug-likeness (QED) is 0.411. The molecule has 0 saturated carbocycles. The Bertz CT molecular complexity index is 334. The van der Waals surface area contributed by atoms with Crippen molar-refractivity contribution in [1.82, 2.24) is 4.90 Å². The summed E-state index contributed by atoms with van der Waals surface area (Å²) in [6.45, 7) is 0. The van der Waals surface area contributed by atoms with E-state index in [4.69, 9.17) is 5.26 Å². The molecule has 0 N–H and O–H groups in total. The fourth-order valence-corrected chi connectivity index (χ4v) is 0.647. The van der Waals surface area contributed by atoms with E-state index in [2.05, 4.69) is 0 Å². The summed E-state index contributed by atoms with van der Waals surface area (Å²) < 4.78 is 35.3. The molecule has 0 saturated heterocycles. The zero-order chi connectivity index (χ0) is 12.1. The van der Waals surface area contributed by atoms with Gasteiger partial charge in [-0.2, -0.15) is 18.4 Å². The third-order valence-corrected chi connectivity index (χ3v) is 1.22. The van der Waals surface area contributed by atoms with Gasteiger partial charge in [0, 0.05) is 20.3 Å². The molecule has 0 fully saturated rings. The Balaban J connectivity index is 4.67. The third kappa shape index (κ3) is 5.52. The maximum Gasteiger partial charge on any atom is 0.454 e. The lowest BCUT2D eigenvalue weighted by Gasteiger charge is -2.03. The number of carbonyl (C=O) groups excluding carboxylic acids is 1. The molecular weight excluding hydrogens is 209 g/mol. The van der Waals surface area contributed by atoms with Crippen LogP contribution in [-0.2, 0) is 4.79 Å². The topological polar surface area (TPSA) is 44.1 Å². The van der Waals surface area contributed by atoms with E-state index in [0.717, 1.165) is 6.08 Å². The highest BCUT2D eigenvalue weighted by Gasteiger charge is 2.35. The second-order valence-corrected chi connectivity index (χ2v) is 2.86. The molecule has 0 unspecified atom stereocenters. The summed E-state index contributed by atoms with van der Waals surface area (Å²) in [5.74, 6) is -1.98. The Hall–Kier alpha value is -1.77. The molecule has 82 valence electrons. The number of nitrogens with zero attached hydrogens (tertiary/aromatic N) is 2. The molecule has 0 aliphatic carbocycles. The minimum atomic E-state index is -4.89. The highest BCUT2D eigenvalue weighted by molar-refractivity contribution is 5.94. The van der Waals surface area contributed by atoms with Crippen LogP contribution < -0.4 is 0 Å². The fraction of sp³-hybridized carbons (Fsp3) is 0.333. The number of nitriles is 1. The normalized spacial score (nSPS) is 12.7.